The lowest BCUT2D eigenvalue weighted by atomic mass is 10.1. The van der Waals surface area contributed by atoms with E-state index in [1.54, 1.807) is 6.26 Å². The summed E-state index contributed by atoms with van der Waals surface area (Å²) in [7, 11) is 4.34. The summed E-state index contributed by atoms with van der Waals surface area (Å²) in [6.45, 7) is 6.15. The predicted molar refractivity (Wildman–Crippen MR) is 97.8 cm³/mol. The van der Waals surface area contributed by atoms with Crippen LogP contribution in [0.5, 0.6) is 0 Å². The largest absolute Gasteiger partial charge is 0.463 e. The summed E-state index contributed by atoms with van der Waals surface area (Å²) in [5.74, 6) is 1.05. The van der Waals surface area contributed by atoms with E-state index >= 15 is 0 Å². The molecule has 2 aromatic heterocycles. The van der Waals surface area contributed by atoms with Crippen molar-refractivity contribution in [3.63, 3.8) is 0 Å². The van der Waals surface area contributed by atoms with Crippen molar-refractivity contribution in [1.29, 1.82) is 0 Å². The topological polar surface area (TPSA) is 52.0 Å². The van der Waals surface area contributed by atoms with E-state index in [1.807, 2.05) is 28.9 Å². The summed E-state index contributed by atoms with van der Waals surface area (Å²) in [6.07, 6.45) is 1.75. The second-order valence-corrected chi connectivity index (χ2v) is 6.77. The molecule has 2 heterocycles. The fourth-order valence-corrected chi connectivity index (χ4v) is 3.31. The Morgan fingerprint density at radius 1 is 1.12 bits per heavy atom. The van der Waals surface area contributed by atoms with Gasteiger partial charge in [-0.3, -0.25) is 0 Å². The number of nitrogens with zero attached hydrogens (tertiary/aromatic N) is 2. The van der Waals surface area contributed by atoms with Crippen LogP contribution in [0.15, 0.2) is 53.1 Å². The van der Waals surface area contributed by atoms with Crippen LogP contribution in [0, 0.1) is 13.8 Å². The summed E-state index contributed by atoms with van der Waals surface area (Å²) < 4.78 is 7.65. The Morgan fingerprint density at radius 3 is 2.52 bits per heavy atom. The van der Waals surface area contributed by atoms with Crippen molar-refractivity contribution in [2.45, 2.75) is 26.4 Å². The van der Waals surface area contributed by atoms with Gasteiger partial charge in [0.2, 0.25) is 0 Å². The SMILES string of the molecule is Cc1nn(-c2ccccc2)c(C)c1C[NH2+]C[C@H](c1ccco1)[NH+](C)C. The third-order valence-corrected chi connectivity index (χ3v) is 4.78. The van der Waals surface area contributed by atoms with Gasteiger partial charge < -0.3 is 14.6 Å². The molecule has 0 bridgehead atoms. The molecular weight excluding hydrogens is 312 g/mol. The Hall–Kier alpha value is -2.37. The molecule has 0 aliphatic rings. The molecule has 0 saturated heterocycles. The molecule has 0 aliphatic carbocycles. The third-order valence-electron chi connectivity index (χ3n) is 4.78. The molecule has 3 rings (SSSR count). The first-order valence-electron chi connectivity index (χ1n) is 8.83. The first kappa shape index (κ1) is 17.5. The van der Waals surface area contributed by atoms with Crippen LogP contribution in [0.1, 0.15) is 28.8 Å². The maximum atomic E-state index is 5.61. The molecule has 5 nitrogen and oxygen atoms in total. The van der Waals surface area contributed by atoms with Crippen LogP contribution in [0.3, 0.4) is 0 Å². The molecule has 0 radical (unpaired) electrons. The number of aromatic nitrogens is 2. The van der Waals surface area contributed by atoms with Gasteiger partial charge in [-0.2, -0.15) is 5.10 Å². The average Bonchev–Trinajstić information content (AvgIpc) is 3.22. The molecule has 1 atom stereocenters. The summed E-state index contributed by atoms with van der Waals surface area (Å²) in [4.78, 5) is 1.37. The summed E-state index contributed by atoms with van der Waals surface area (Å²) >= 11 is 0. The van der Waals surface area contributed by atoms with E-state index in [4.69, 9.17) is 9.52 Å². The molecule has 25 heavy (non-hydrogen) atoms. The maximum absolute atomic E-state index is 5.61. The van der Waals surface area contributed by atoms with Gasteiger partial charge >= 0.3 is 0 Å². The minimum atomic E-state index is 0.347. The van der Waals surface area contributed by atoms with Crippen molar-refractivity contribution >= 4 is 0 Å². The van der Waals surface area contributed by atoms with E-state index in [0.29, 0.717) is 6.04 Å². The Labute approximate surface area is 149 Å². The van der Waals surface area contributed by atoms with Crippen molar-refractivity contribution in [3.8, 4) is 5.69 Å². The summed E-state index contributed by atoms with van der Waals surface area (Å²) in [5.41, 5.74) is 4.74. The molecule has 3 aromatic rings. The molecule has 0 aliphatic heterocycles. The Bertz CT molecular complexity index is 791. The molecule has 5 heteroatoms. The normalized spacial score (nSPS) is 12.7. The monoisotopic (exact) mass is 340 g/mol. The zero-order chi connectivity index (χ0) is 17.8. The van der Waals surface area contributed by atoms with E-state index in [-0.39, 0.29) is 0 Å². The standard InChI is InChI=1S/C20H26N4O/c1-15-18(16(2)24(22-15)17-9-6-5-7-10-17)13-21-14-19(23(3)4)20-11-8-12-25-20/h5-12,19,21H,13-14H2,1-4H3/p+2/t19-/m1/s1. The molecule has 0 unspecified atom stereocenters. The first-order chi connectivity index (χ1) is 12.1. The van der Waals surface area contributed by atoms with Crippen molar-refractivity contribution in [2.24, 2.45) is 0 Å². The Balaban J connectivity index is 1.70. The second kappa shape index (κ2) is 7.68. The van der Waals surface area contributed by atoms with Crippen LogP contribution in [-0.4, -0.2) is 30.4 Å². The fourth-order valence-electron chi connectivity index (χ4n) is 3.31. The van der Waals surface area contributed by atoms with E-state index in [1.165, 1.54) is 16.2 Å². The van der Waals surface area contributed by atoms with Crippen molar-refractivity contribution in [2.75, 3.05) is 20.6 Å². The quantitative estimate of drug-likeness (QED) is 0.675. The first-order valence-corrected chi connectivity index (χ1v) is 8.83. The van der Waals surface area contributed by atoms with E-state index in [2.05, 4.69) is 51.5 Å². The van der Waals surface area contributed by atoms with Crippen LogP contribution in [-0.2, 0) is 6.54 Å². The van der Waals surface area contributed by atoms with Gasteiger partial charge in [-0.05, 0) is 38.1 Å². The highest BCUT2D eigenvalue weighted by Gasteiger charge is 2.23. The van der Waals surface area contributed by atoms with Gasteiger partial charge in [0.05, 0.1) is 43.0 Å². The molecular formula is C20H28N4O+2. The van der Waals surface area contributed by atoms with E-state index in [0.717, 1.165) is 30.2 Å². The predicted octanol–water partition coefficient (Wildman–Crippen LogP) is 1.03. The lowest BCUT2D eigenvalue weighted by Crippen LogP contribution is -3.09. The molecule has 132 valence electrons. The molecule has 0 spiro atoms. The van der Waals surface area contributed by atoms with Gasteiger partial charge in [-0.15, -0.1) is 0 Å². The van der Waals surface area contributed by atoms with Crippen LogP contribution < -0.4 is 10.2 Å². The highest BCUT2D eigenvalue weighted by molar-refractivity contribution is 5.36. The molecule has 1 aromatic carbocycles. The molecule has 3 N–H and O–H groups in total. The minimum Gasteiger partial charge on any atom is -0.463 e. The molecule has 0 saturated carbocycles. The third kappa shape index (κ3) is 3.83. The van der Waals surface area contributed by atoms with Gasteiger partial charge in [0.1, 0.15) is 13.1 Å². The van der Waals surface area contributed by atoms with E-state index in [9.17, 15) is 0 Å². The fraction of sp³-hybridized carbons (Fsp3) is 0.350. The number of nitrogens with two attached hydrogens (primary N) is 1. The number of nitrogens with one attached hydrogen (secondary N) is 1. The number of aryl methyl sites for hydroxylation is 1. The number of rotatable bonds is 7. The highest BCUT2D eigenvalue weighted by Crippen LogP contribution is 2.17. The smallest absolute Gasteiger partial charge is 0.195 e. The van der Waals surface area contributed by atoms with Crippen molar-refractivity contribution in [1.82, 2.24) is 9.78 Å². The lowest BCUT2D eigenvalue weighted by Gasteiger charge is -2.17. The van der Waals surface area contributed by atoms with E-state index < -0.39 is 0 Å². The van der Waals surface area contributed by atoms with Crippen LogP contribution in [0.2, 0.25) is 0 Å². The van der Waals surface area contributed by atoms with Gasteiger partial charge in [-0.25, -0.2) is 4.68 Å². The average molecular weight is 340 g/mol. The van der Waals surface area contributed by atoms with Gasteiger partial charge in [0.15, 0.2) is 11.8 Å². The number of benzene rings is 1. The number of likely N-dealkylation sites (N-methyl/N-ethyl adjacent to an activating group) is 1. The zero-order valence-corrected chi connectivity index (χ0v) is 15.5. The number of para-hydroxylation sites is 1. The summed E-state index contributed by atoms with van der Waals surface area (Å²) in [6, 6.07) is 14.7. The lowest BCUT2D eigenvalue weighted by molar-refractivity contribution is -0.911. The van der Waals surface area contributed by atoms with Crippen LogP contribution in [0.25, 0.3) is 5.69 Å². The number of hydrogen-bond donors (Lipinski definition) is 2. The minimum absolute atomic E-state index is 0.347. The number of quaternary nitrogens is 2. The van der Waals surface area contributed by atoms with Crippen LogP contribution >= 0.6 is 0 Å². The zero-order valence-electron chi connectivity index (χ0n) is 15.5. The number of furan rings is 1. The molecule has 0 amide bonds. The summed E-state index contributed by atoms with van der Waals surface area (Å²) in [5, 5.41) is 7.09. The van der Waals surface area contributed by atoms with Gasteiger partial charge in [-0.1, -0.05) is 18.2 Å². The highest BCUT2D eigenvalue weighted by atomic mass is 16.3. The van der Waals surface area contributed by atoms with Crippen LogP contribution in [0.4, 0.5) is 0 Å². The van der Waals surface area contributed by atoms with Crippen molar-refractivity contribution in [3.05, 3.63) is 71.4 Å². The van der Waals surface area contributed by atoms with Gasteiger partial charge in [0, 0.05) is 0 Å². The number of hydrogen-bond acceptors (Lipinski definition) is 2. The maximum Gasteiger partial charge on any atom is 0.195 e. The van der Waals surface area contributed by atoms with Gasteiger partial charge in [0.25, 0.3) is 0 Å². The second-order valence-electron chi connectivity index (χ2n) is 6.77. The Morgan fingerprint density at radius 2 is 1.88 bits per heavy atom. The molecule has 0 fully saturated rings. The Kier molecular flexibility index (Phi) is 5.36. The van der Waals surface area contributed by atoms with Crippen molar-refractivity contribution < 1.29 is 14.6 Å².